The first kappa shape index (κ1) is 15.9. The van der Waals surface area contributed by atoms with E-state index in [4.69, 9.17) is 5.73 Å². The maximum Gasteiger partial charge on any atom is 0.260 e. The van der Waals surface area contributed by atoms with Gasteiger partial charge in [0.15, 0.2) is 0 Å². The molecule has 0 bridgehead atoms. The van der Waals surface area contributed by atoms with Crippen LogP contribution in [0.2, 0.25) is 0 Å². The maximum atomic E-state index is 13.2. The van der Waals surface area contributed by atoms with Crippen LogP contribution in [0, 0.1) is 0 Å². The van der Waals surface area contributed by atoms with Crippen molar-refractivity contribution in [3.63, 3.8) is 0 Å². The van der Waals surface area contributed by atoms with Gasteiger partial charge in [0, 0.05) is 35.7 Å². The molecule has 5 heterocycles. The Hall–Kier alpha value is -4.27. The van der Waals surface area contributed by atoms with Crippen molar-refractivity contribution >= 4 is 33.8 Å². The van der Waals surface area contributed by atoms with Crippen molar-refractivity contribution < 1.29 is 4.79 Å². The number of nitrogens with one attached hydrogen (secondary N) is 2. The molecule has 0 saturated heterocycles. The number of carbonyl (C=O) groups excluding carboxylic acids is 1. The number of aromatic amines is 1. The molecule has 5 aromatic heterocycles. The Morgan fingerprint density at radius 1 is 1.18 bits per heavy atom. The minimum Gasteiger partial charge on any atom is -0.397 e. The summed E-state index contributed by atoms with van der Waals surface area (Å²) in [5.41, 5.74) is 9.98. The number of rotatable bonds is 3. The van der Waals surface area contributed by atoms with Gasteiger partial charge in [0.1, 0.15) is 23.2 Å². The van der Waals surface area contributed by atoms with E-state index in [0.717, 1.165) is 10.9 Å². The van der Waals surface area contributed by atoms with Crippen LogP contribution in [0.3, 0.4) is 0 Å². The van der Waals surface area contributed by atoms with E-state index >= 15 is 0 Å². The number of H-pyrrole nitrogens is 1. The molecule has 28 heavy (non-hydrogen) atoms. The lowest BCUT2D eigenvalue weighted by Crippen LogP contribution is -2.13. The van der Waals surface area contributed by atoms with E-state index < -0.39 is 0 Å². The highest BCUT2D eigenvalue weighted by Gasteiger charge is 2.24. The highest BCUT2D eigenvalue weighted by molar-refractivity contribution is 6.16. The van der Waals surface area contributed by atoms with Crippen molar-refractivity contribution in [2.45, 2.75) is 0 Å². The number of nitrogens with two attached hydrogens (primary N) is 1. The van der Waals surface area contributed by atoms with Gasteiger partial charge in [-0.05, 0) is 24.3 Å². The Labute approximate surface area is 158 Å². The molecule has 0 aromatic carbocycles. The molecule has 5 aromatic rings. The SMILES string of the molecule is Nc1cccn2nc(-c3c[nH]c4ncncc34)c(C(=O)Nc3cccnc3)c12. The van der Waals surface area contributed by atoms with Gasteiger partial charge in [0.05, 0.1) is 23.1 Å². The third kappa shape index (κ3) is 2.45. The second-order valence-corrected chi connectivity index (χ2v) is 6.16. The van der Waals surface area contributed by atoms with Crippen LogP contribution < -0.4 is 11.1 Å². The molecule has 136 valence electrons. The van der Waals surface area contributed by atoms with Crippen LogP contribution in [0.25, 0.3) is 27.8 Å². The van der Waals surface area contributed by atoms with Crippen LogP contribution in [0.15, 0.2) is 61.6 Å². The van der Waals surface area contributed by atoms with Crippen LogP contribution in [0.5, 0.6) is 0 Å². The molecule has 9 heteroatoms. The summed E-state index contributed by atoms with van der Waals surface area (Å²) in [5.74, 6) is -0.331. The quantitative estimate of drug-likeness (QED) is 0.448. The summed E-state index contributed by atoms with van der Waals surface area (Å²) in [6.45, 7) is 0. The molecule has 0 fully saturated rings. The number of aromatic nitrogens is 6. The van der Waals surface area contributed by atoms with Crippen LogP contribution >= 0.6 is 0 Å². The van der Waals surface area contributed by atoms with Crippen molar-refractivity contribution in [3.05, 3.63) is 67.1 Å². The summed E-state index contributed by atoms with van der Waals surface area (Å²) in [7, 11) is 0. The minimum atomic E-state index is -0.331. The number of amides is 1. The van der Waals surface area contributed by atoms with E-state index in [1.165, 1.54) is 6.33 Å². The van der Waals surface area contributed by atoms with Gasteiger partial charge < -0.3 is 16.0 Å². The average Bonchev–Trinajstić information content (AvgIpc) is 3.30. The predicted molar refractivity (Wildman–Crippen MR) is 105 cm³/mol. The predicted octanol–water partition coefficient (Wildman–Crippen LogP) is 2.50. The molecule has 0 unspecified atom stereocenters. The number of nitrogens with zero attached hydrogens (tertiary/aromatic N) is 5. The number of fused-ring (bicyclic) bond motifs is 2. The van der Waals surface area contributed by atoms with E-state index in [1.54, 1.807) is 59.8 Å². The molecule has 0 spiro atoms. The fourth-order valence-corrected chi connectivity index (χ4v) is 3.22. The number of pyridine rings is 2. The van der Waals surface area contributed by atoms with Crippen molar-refractivity contribution in [2.75, 3.05) is 11.1 Å². The summed E-state index contributed by atoms with van der Waals surface area (Å²) >= 11 is 0. The van der Waals surface area contributed by atoms with Gasteiger partial charge in [0.25, 0.3) is 5.91 Å². The van der Waals surface area contributed by atoms with Gasteiger partial charge in [-0.2, -0.15) is 5.10 Å². The lowest BCUT2D eigenvalue weighted by atomic mass is 10.1. The smallest absolute Gasteiger partial charge is 0.260 e. The topological polar surface area (TPSA) is 127 Å². The lowest BCUT2D eigenvalue weighted by Gasteiger charge is -2.06. The Kier molecular flexibility index (Phi) is 3.51. The van der Waals surface area contributed by atoms with E-state index in [0.29, 0.717) is 33.8 Å². The van der Waals surface area contributed by atoms with Gasteiger partial charge in [-0.25, -0.2) is 14.5 Å². The fourth-order valence-electron chi connectivity index (χ4n) is 3.22. The van der Waals surface area contributed by atoms with Crippen molar-refractivity contribution in [1.82, 2.24) is 29.5 Å². The average molecular weight is 370 g/mol. The van der Waals surface area contributed by atoms with Crippen molar-refractivity contribution in [3.8, 4) is 11.3 Å². The van der Waals surface area contributed by atoms with Crippen LogP contribution in [-0.4, -0.2) is 35.5 Å². The largest absolute Gasteiger partial charge is 0.397 e. The summed E-state index contributed by atoms with van der Waals surface area (Å²) in [4.78, 5) is 28.6. The summed E-state index contributed by atoms with van der Waals surface area (Å²) in [6, 6.07) is 7.03. The number of carbonyl (C=O) groups is 1. The summed E-state index contributed by atoms with van der Waals surface area (Å²) in [6.07, 6.45) is 9.87. The second-order valence-electron chi connectivity index (χ2n) is 6.16. The number of nitrogen functional groups attached to an aromatic ring is 1. The second kappa shape index (κ2) is 6.16. The first-order valence-corrected chi connectivity index (χ1v) is 8.48. The van der Waals surface area contributed by atoms with Gasteiger partial charge in [0.2, 0.25) is 0 Å². The van der Waals surface area contributed by atoms with Crippen molar-refractivity contribution in [2.24, 2.45) is 0 Å². The monoisotopic (exact) mass is 370 g/mol. The molecule has 1 amide bonds. The molecule has 0 saturated carbocycles. The molecular weight excluding hydrogens is 356 g/mol. The summed E-state index contributed by atoms with van der Waals surface area (Å²) in [5, 5.41) is 8.24. The standard InChI is InChI=1S/C19H14N8O/c20-14-4-2-6-27-17(14)15(19(28)25-11-3-1-5-21-7-11)16(26-27)12-9-23-18-13(12)8-22-10-24-18/h1-10H,20H2,(H,25,28)(H,22,23,24). The van der Waals surface area contributed by atoms with Gasteiger partial charge in [-0.1, -0.05) is 0 Å². The highest BCUT2D eigenvalue weighted by Crippen LogP contribution is 2.33. The van der Waals surface area contributed by atoms with Crippen LogP contribution in [0.4, 0.5) is 11.4 Å². The first-order valence-electron chi connectivity index (χ1n) is 8.48. The van der Waals surface area contributed by atoms with E-state index in [-0.39, 0.29) is 5.91 Å². The molecular formula is C19H14N8O. The van der Waals surface area contributed by atoms with Crippen LogP contribution in [-0.2, 0) is 0 Å². The molecule has 0 aliphatic heterocycles. The Morgan fingerprint density at radius 3 is 2.96 bits per heavy atom. The van der Waals surface area contributed by atoms with Gasteiger partial charge >= 0.3 is 0 Å². The molecule has 0 aliphatic rings. The number of hydrogen-bond donors (Lipinski definition) is 3. The lowest BCUT2D eigenvalue weighted by molar-refractivity contribution is 0.102. The van der Waals surface area contributed by atoms with E-state index in [1.807, 2.05) is 0 Å². The molecule has 0 atom stereocenters. The fraction of sp³-hybridized carbons (Fsp3) is 0. The molecule has 4 N–H and O–H groups in total. The number of hydrogen-bond acceptors (Lipinski definition) is 6. The molecule has 0 radical (unpaired) electrons. The highest BCUT2D eigenvalue weighted by atomic mass is 16.1. The Bertz CT molecular complexity index is 1320. The molecule has 5 rings (SSSR count). The zero-order chi connectivity index (χ0) is 19.1. The Morgan fingerprint density at radius 2 is 2.11 bits per heavy atom. The third-order valence-electron chi connectivity index (χ3n) is 4.44. The first-order chi connectivity index (χ1) is 13.7. The van der Waals surface area contributed by atoms with Crippen molar-refractivity contribution in [1.29, 1.82) is 0 Å². The summed E-state index contributed by atoms with van der Waals surface area (Å²) < 4.78 is 1.60. The maximum absolute atomic E-state index is 13.2. The normalized spacial score (nSPS) is 11.1. The number of anilines is 2. The zero-order valence-corrected chi connectivity index (χ0v) is 14.5. The zero-order valence-electron chi connectivity index (χ0n) is 14.5. The van der Waals surface area contributed by atoms with E-state index in [9.17, 15) is 4.79 Å². The molecule has 9 nitrogen and oxygen atoms in total. The van der Waals surface area contributed by atoms with E-state index in [2.05, 4.69) is 30.4 Å². The van der Waals surface area contributed by atoms with Gasteiger partial charge in [-0.3, -0.25) is 9.78 Å². The molecule has 0 aliphatic carbocycles. The Balaban J connectivity index is 1.74. The third-order valence-corrected chi connectivity index (χ3v) is 4.44. The van der Waals surface area contributed by atoms with Crippen LogP contribution in [0.1, 0.15) is 10.4 Å². The van der Waals surface area contributed by atoms with Gasteiger partial charge in [-0.15, -0.1) is 0 Å². The minimum absolute atomic E-state index is 0.331.